The van der Waals surface area contributed by atoms with Crippen LogP contribution in [0.3, 0.4) is 0 Å². The lowest BCUT2D eigenvalue weighted by Gasteiger charge is -2.12. The predicted molar refractivity (Wildman–Crippen MR) is 82.3 cm³/mol. The molecule has 0 amide bonds. The first-order valence-electron chi connectivity index (χ1n) is 6.29. The van der Waals surface area contributed by atoms with E-state index in [1.807, 2.05) is 38.1 Å². The second-order valence-electron chi connectivity index (χ2n) is 4.73. The Morgan fingerprint density at radius 3 is 2.42 bits per heavy atom. The topological polar surface area (TPSA) is 35.2 Å². The number of benzene rings is 2. The molecule has 2 rings (SSSR count). The van der Waals surface area contributed by atoms with Crippen LogP contribution in [0.1, 0.15) is 29.7 Å². The Kier molecular flexibility index (Phi) is 4.61. The molecule has 0 aliphatic heterocycles. The summed E-state index contributed by atoms with van der Waals surface area (Å²) in [6, 6.07) is 14.3. The number of aryl methyl sites for hydroxylation is 1. The van der Waals surface area contributed by atoms with Gasteiger partial charge in [-0.15, -0.1) is 0 Å². The third-order valence-electron chi connectivity index (χ3n) is 3.03. The zero-order valence-corrected chi connectivity index (χ0v) is 12.8. The fourth-order valence-electron chi connectivity index (χ4n) is 1.86. The minimum absolute atomic E-state index is 0.0548. The van der Waals surface area contributed by atoms with Crippen LogP contribution in [0, 0.1) is 6.92 Å². The molecule has 0 aliphatic rings. The predicted octanol–water partition coefficient (Wildman–Crippen LogP) is 4.36. The maximum absolute atomic E-state index is 5.87. The Morgan fingerprint density at radius 2 is 1.84 bits per heavy atom. The highest BCUT2D eigenvalue weighted by atomic mass is 79.9. The quantitative estimate of drug-likeness (QED) is 0.908. The number of nitrogens with two attached hydrogens (primary N) is 1. The van der Waals surface area contributed by atoms with Crippen LogP contribution in [-0.4, -0.2) is 0 Å². The van der Waals surface area contributed by atoms with Gasteiger partial charge in [0.15, 0.2) is 0 Å². The van der Waals surface area contributed by atoms with Crippen LogP contribution in [0.2, 0.25) is 0 Å². The van der Waals surface area contributed by atoms with Gasteiger partial charge in [-0.05, 0) is 48.7 Å². The van der Waals surface area contributed by atoms with Crippen LogP contribution in [0.5, 0.6) is 5.75 Å². The minimum atomic E-state index is 0.0548. The second kappa shape index (κ2) is 6.22. The van der Waals surface area contributed by atoms with Crippen LogP contribution >= 0.6 is 15.9 Å². The van der Waals surface area contributed by atoms with Gasteiger partial charge in [0.25, 0.3) is 0 Å². The van der Waals surface area contributed by atoms with Crippen molar-refractivity contribution in [3.8, 4) is 5.75 Å². The number of rotatable bonds is 4. The van der Waals surface area contributed by atoms with Crippen LogP contribution < -0.4 is 10.5 Å². The summed E-state index contributed by atoms with van der Waals surface area (Å²) >= 11 is 3.42. The molecule has 100 valence electrons. The van der Waals surface area contributed by atoms with Gasteiger partial charge in [0.2, 0.25) is 0 Å². The first kappa shape index (κ1) is 14.1. The Bertz CT molecular complexity index is 549. The minimum Gasteiger partial charge on any atom is -0.489 e. The molecule has 0 radical (unpaired) electrons. The van der Waals surface area contributed by atoms with Gasteiger partial charge < -0.3 is 10.5 Å². The van der Waals surface area contributed by atoms with Gasteiger partial charge >= 0.3 is 0 Å². The summed E-state index contributed by atoms with van der Waals surface area (Å²) < 4.78 is 6.92. The Hall–Kier alpha value is -1.32. The molecule has 3 heteroatoms. The smallest absolute Gasteiger partial charge is 0.122 e. The van der Waals surface area contributed by atoms with Gasteiger partial charge in [0.1, 0.15) is 12.4 Å². The van der Waals surface area contributed by atoms with Crippen molar-refractivity contribution in [2.75, 3.05) is 0 Å². The summed E-state index contributed by atoms with van der Waals surface area (Å²) in [7, 11) is 0. The molecule has 0 bridgehead atoms. The van der Waals surface area contributed by atoms with E-state index < -0.39 is 0 Å². The highest BCUT2D eigenvalue weighted by Gasteiger charge is 2.04. The van der Waals surface area contributed by atoms with Crippen molar-refractivity contribution >= 4 is 15.9 Å². The molecule has 0 aromatic heterocycles. The molecule has 1 unspecified atom stereocenters. The molecule has 0 aliphatic carbocycles. The average molecular weight is 320 g/mol. The van der Waals surface area contributed by atoms with Crippen molar-refractivity contribution in [3.63, 3.8) is 0 Å². The molecule has 0 saturated heterocycles. The van der Waals surface area contributed by atoms with Crippen molar-refractivity contribution in [1.82, 2.24) is 0 Å². The molecular weight excluding hydrogens is 302 g/mol. The molecule has 0 heterocycles. The van der Waals surface area contributed by atoms with Crippen LogP contribution in [-0.2, 0) is 6.61 Å². The van der Waals surface area contributed by atoms with E-state index in [1.54, 1.807) is 0 Å². The Balaban J connectivity index is 2.05. The van der Waals surface area contributed by atoms with Crippen LogP contribution in [0.15, 0.2) is 46.9 Å². The zero-order chi connectivity index (χ0) is 13.8. The van der Waals surface area contributed by atoms with Gasteiger partial charge in [0, 0.05) is 10.5 Å². The summed E-state index contributed by atoms with van der Waals surface area (Å²) in [4.78, 5) is 0. The van der Waals surface area contributed by atoms with E-state index in [-0.39, 0.29) is 6.04 Å². The van der Waals surface area contributed by atoms with Gasteiger partial charge in [-0.3, -0.25) is 0 Å². The van der Waals surface area contributed by atoms with Crippen LogP contribution in [0.4, 0.5) is 0 Å². The van der Waals surface area contributed by atoms with Gasteiger partial charge in [-0.1, -0.05) is 40.2 Å². The maximum atomic E-state index is 5.87. The van der Waals surface area contributed by atoms with Crippen molar-refractivity contribution in [3.05, 3.63) is 63.6 Å². The van der Waals surface area contributed by atoms with E-state index in [0.29, 0.717) is 6.61 Å². The molecule has 0 spiro atoms. The van der Waals surface area contributed by atoms with Gasteiger partial charge in [-0.25, -0.2) is 0 Å². The molecule has 0 fully saturated rings. The second-order valence-corrected chi connectivity index (χ2v) is 5.64. The highest BCUT2D eigenvalue weighted by Crippen LogP contribution is 2.23. The van der Waals surface area contributed by atoms with Crippen molar-refractivity contribution in [2.45, 2.75) is 26.5 Å². The van der Waals surface area contributed by atoms with Gasteiger partial charge in [-0.2, -0.15) is 0 Å². The highest BCUT2D eigenvalue weighted by molar-refractivity contribution is 9.10. The first-order chi connectivity index (χ1) is 9.06. The Morgan fingerprint density at radius 1 is 1.16 bits per heavy atom. The van der Waals surface area contributed by atoms with E-state index in [2.05, 4.69) is 34.1 Å². The largest absolute Gasteiger partial charge is 0.489 e. The normalized spacial score (nSPS) is 12.2. The molecule has 19 heavy (non-hydrogen) atoms. The third-order valence-corrected chi connectivity index (χ3v) is 3.56. The van der Waals surface area contributed by atoms with Crippen molar-refractivity contribution in [1.29, 1.82) is 0 Å². The Labute approximate surface area is 122 Å². The zero-order valence-electron chi connectivity index (χ0n) is 11.2. The lowest BCUT2D eigenvalue weighted by molar-refractivity contribution is 0.304. The van der Waals surface area contributed by atoms with Crippen molar-refractivity contribution < 1.29 is 4.74 Å². The van der Waals surface area contributed by atoms with Gasteiger partial charge in [0.05, 0.1) is 0 Å². The molecule has 1 atom stereocenters. The summed E-state index contributed by atoms with van der Waals surface area (Å²) in [5, 5.41) is 0. The fourth-order valence-corrected chi connectivity index (χ4v) is 2.12. The standard InChI is InChI=1S/C16H18BrNO/c1-11-9-14(12(2)18)5-8-16(11)19-10-13-3-6-15(17)7-4-13/h3-9,12H,10,18H2,1-2H3. The number of hydrogen-bond acceptors (Lipinski definition) is 2. The van der Waals surface area contributed by atoms with Crippen LogP contribution in [0.25, 0.3) is 0 Å². The maximum Gasteiger partial charge on any atom is 0.122 e. The molecule has 2 N–H and O–H groups in total. The lowest BCUT2D eigenvalue weighted by Crippen LogP contribution is -2.05. The number of ether oxygens (including phenoxy) is 1. The number of halogens is 1. The molecule has 2 aromatic carbocycles. The average Bonchev–Trinajstić information content (AvgIpc) is 2.39. The lowest BCUT2D eigenvalue weighted by atomic mass is 10.1. The monoisotopic (exact) mass is 319 g/mol. The molecular formula is C16H18BrNO. The summed E-state index contributed by atoms with van der Waals surface area (Å²) in [6.07, 6.45) is 0. The van der Waals surface area contributed by atoms with E-state index in [0.717, 1.165) is 26.9 Å². The summed E-state index contributed by atoms with van der Waals surface area (Å²) in [5.74, 6) is 0.910. The van der Waals surface area contributed by atoms with E-state index >= 15 is 0 Å². The van der Waals surface area contributed by atoms with Crippen molar-refractivity contribution in [2.24, 2.45) is 5.73 Å². The van der Waals surface area contributed by atoms with E-state index in [4.69, 9.17) is 10.5 Å². The first-order valence-corrected chi connectivity index (χ1v) is 7.09. The molecule has 2 aromatic rings. The third kappa shape index (κ3) is 3.82. The fraction of sp³-hybridized carbons (Fsp3) is 0.250. The number of hydrogen-bond donors (Lipinski definition) is 1. The van der Waals surface area contributed by atoms with E-state index in [1.165, 1.54) is 0 Å². The molecule has 0 saturated carbocycles. The molecule has 2 nitrogen and oxygen atoms in total. The summed E-state index contributed by atoms with van der Waals surface area (Å²) in [5.41, 5.74) is 9.27. The van der Waals surface area contributed by atoms with E-state index in [9.17, 15) is 0 Å². The summed E-state index contributed by atoms with van der Waals surface area (Å²) in [6.45, 7) is 4.60. The SMILES string of the molecule is Cc1cc(C(C)N)ccc1OCc1ccc(Br)cc1.